The Balaban J connectivity index is 1.52. The fourth-order valence-electron chi connectivity index (χ4n) is 3.25. The van der Waals surface area contributed by atoms with E-state index >= 15 is 0 Å². The molecule has 1 amide bonds. The van der Waals surface area contributed by atoms with E-state index in [1.54, 1.807) is 0 Å². The molecule has 1 saturated heterocycles. The molecular weight excluding hydrogens is 264 g/mol. The second-order valence-electron chi connectivity index (χ2n) is 6.17. The quantitative estimate of drug-likeness (QED) is 0.894. The number of nitrogens with zero attached hydrogens (tertiary/aromatic N) is 1. The Hall–Kier alpha value is -1.39. The molecule has 0 spiro atoms. The van der Waals surface area contributed by atoms with Gasteiger partial charge in [-0.05, 0) is 18.4 Å². The molecular formula is C17H24N2O2. The van der Waals surface area contributed by atoms with Gasteiger partial charge in [0.05, 0.1) is 19.8 Å². The van der Waals surface area contributed by atoms with E-state index in [1.165, 1.54) is 24.8 Å². The van der Waals surface area contributed by atoms with Crippen LogP contribution in [0.2, 0.25) is 0 Å². The Labute approximate surface area is 126 Å². The third-order valence-electron chi connectivity index (χ3n) is 4.79. The summed E-state index contributed by atoms with van der Waals surface area (Å²) in [5, 5.41) is 3.15. The molecule has 3 rings (SSSR count). The average Bonchev–Trinajstić information content (AvgIpc) is 2.48. The van der Waals surface area contributed by atoms with E-state index in [0.29, 0.717) is 6.54 Å². The van der Waals surface area contributed by atoms with Gasteiger partial charge in [0.2, 0.25) is 5.91 Å². The Morgan fingerprint density at radius 3 is 2.52 bits per heavy atom. The first-order valence-corrected chi connectivity index (χ1v) is 7.91. The lowest BCUT2D eigenvalue weighted by molar-refractivity contribution is -0.123. The normalized spacial score (nSPS) is 21.5. The highest BCUT2D eigenvalue weighted by atomic mass is 16.5. The van der Waals surface area contributed by atoms with E-state index < -0.39 is 0 Å². The maximum absolute atomic E-state index is 12.1. The number of rotatable bonds is 5. The second kappa shape index (κ2) is 6.58. The molecule has 0 atom stereocenters. The fraction of sp³-hybridized carbons (Fsp3) is 0.588. The summed E-state index contributed by atoms with van der Waals surface area (Å²) in [5.41, 5.74) is 1.53. The van der Waals surface area contributed by atoms with Gasteiger partial charge in [-0.15, -0.1) is 0 Å². The van der Waals surface area contributed by atoms with Crippen LogP contribution in [0.4, 0.5) is 0 Å². The number of hydrogen-bond acceptors (Lipinski definition) is 3. The highest BCUT2D eigenvalue weighted by Gasteiger charge is 2.38. The molecule has 1 aromatic rings. The topological polar surface area (TPSA) is 41.6 Å². The number of morpholine rings is 1. The standard InChI is InChI=1S/C17H24N2O2/c20-16(13-19-9-11-21-12-10-19)18-14-17(7-4-8-17)15-5-2-1-3-6-15/h1-3,5-6H,4,7-14H2,(H,18,20). The van der Waals surface area contributed by atoms with E-state index in [9.17, 15) is 4.79 Å². The number of carbonyl (C=O) groups excluding carboxylic acids is 1. The molecule has 1 N–H and O–H groups in total. The van der Waals surface area contributed by atoms with Crippen molar-refractivity contribution in [3.05, 3.63) is 35.9 Å². The molecule has 1 aliphatic carbocycles. The summed E-state index contributed by atoms with van der Waals surface area (Å²) in [5.74, 6) is 0.138. The molecule has 2 fully saturated rings. The number of benzene rings is 1. The van der Waals surface area contributed by atoms with Crippen molar-refractivity contribution in [3.8, 4) is 0 Å². The van der Waals surface area contributed by atoms with Crippen LogP contribution in [0.1, 0.15) is 24.8 Å². The van der Waals surface area contributed by atoms with Crippen LogP contribution in [-0.2, 0) is 14.9 Å². The van der Waals surface area contributed by atoms with E-state index in [2.05, 4.69) is 34.5 Å². The third-order valence-corrected chi connectivity index (χ3v) is 4.79. The van der Waals surface area contributed by atoms with Crippen molar-refractivity contribution in [1.29, 1.82) is 0 Å². The first-order chi connectivity index (χ1) is 10.3. The van der Waals surface area contributed by atoms with E-state index in [-0.39, 0.29) is 11.3 Å². The van der Waals surface area contributed by atoms with E-state index in [0.717, 1.165) is 32.8 Å². The predicted molar refractivity (Wildman–Crippen MR) is 82.2 cm³/mol. The maximum Gasteiger partial charge on any atom is 0.234 e. The number of amides is 1. The summed E-state index contributed by atoms with van der Waals surface area (Å²) in [7, 11) is 0. The van der Waals surface area contributed by atoms with Crippen LogP contribution in [0.25, 0.3) is 0 Å². The lowest BCUT2D eigenvalue weighted by Crippen LogP contribution is -2.49. The van der Waals surface area contributed by atoms with Gasteiger partial charge < -0.3 is 10.1 Å². The van der Waals surface area contributed by atoms with Gasteiger partial charge in [0.1, 0.15) is 0 Å². The Morgan fingerprint density at radius 2 is 1.90 bits per heavy atom. The smallest absolute Gasteiger partial charge is 0.234 e. The molecule has 114 valence electrons. The lowest BCUT2D eigenvalue weighted by atomic mass is 9.64. The van der Waals surface area contributed by atoms with Gasteiger partial charge in [-0.2, -0.15) is 0 Å². The van der Waals surface area contributed by atoms with Crippen molar-refractivity contribution < 1.29 is 9.53 Å². The average molecular weight is 288 g/mol. The highest BCUT2D eigenvalue weighted by Crippen LogP contribution is 2.43. The summed E-state index contributed by atoms with van der Waals surface area (Å²) in [6, 6.07) is 10.6. The SMILES string of the molecule is O=C(CN1CCOCC1)NCC1(c2ccccc2)CCC1. The van der Waals surface area contributed by atoms with Crippen molar-refractivity contribution in [2.75, 3.05) is 39.4 Å². The summed E-state index contributed by atoms with van der Waals surface area (Å²) in [4.78, 5) is 14.3. The van der Waals surface area contributed by atoms with Gasteiger partial charge >= 0.3 is 0 Å². The summed E-state index contributed by atoms with van der Waals surface area (Å²) < 4.78 is 5.31. The molecule has 1 aromatic carbocycles. The largest absolute Gasteiger partial charge is 0.379 e. The van der Waals surface area contributed by atoms with Crippen molar-refractivity contribution in [2.45, 2.75) is 24.7 Å². The van der Waals surface area contributed by atoms with Gasteiger partial charge in [-0.25, -0.2) is 0 Å². The van der Waals surface area contributed by atoms with E-state index in [1.807, 2.05) is 6.07 Å². The van der Waals surface area contributed by atoms with Gasteiger partial charge in [0.15, 0.2) is 0 Å². The fourth-order valence-corrected chi connectivity index (χ4v) is 3.25. The molecule has 21 heavy (non-hydrogen) atoms. The molecule has 1 heterocycles. The minimum absolute atomic E-state index is 0.138. The first kappa shape index (κ1) is 14.5. The van der Waals surface area contributed by atoms with E-state index in [4.69, 9.17) is 4.74 Å². The second-order valence-corrected chi connectivity index (χ2v) is 6.17. The molecule has 1 aliphatic heterocycles. The molecule has 0 aromatic heterocycles. The van der Waals surface area contributed by atoms with Crippen LogP contribution >= 0.6 is 0 Å². The van der Waals surface area contributed by atoms with Crippen molar-refractivity contribution in [2.24, 2.45) is 0 Å². The van der Waals surface area contributed by atoms with Crippen molar-refractivity contribution in [3.63, 3.8) is 0 Å². The van der Waals surface area contributed by atoms with Crippen LogP contribution in [0.15, 0.2) is 30.3 Å². The number of hydrogen-bond donors (Lipinski definition) is 1. The van der Waals surface area contributed by atoms with Crippen molar-refractivity contribution >= 4 is 5.91 Å². The summed E-state index contributed by atoms with van der Waals surface area (Å²) in [6.45, 7) is 4.45. The van der Waals surface area contributed by atoms with Crippen molar-refractivity contribution in [1.82, 2.24) is 10.2 Å². The lowest BCUT2D eigenvalue weighted by Gasteiger charge is -2.42. The highest BCUT2D eigenvalue weighted by molar-refractivity contribution is 5.78. The Bertz CT molecular complexity index is 465. The maximum atomic E-state index is 12.1. The monoisotopic (exact) mass is 288 g/mol. The van der Waals surface area contributed by atoms with Crippen LogP contribution in [0.3, 0.4) is 0 Å². The molecule has 0 bridgehead atoms. The van der Waals surface area contributed by atoms with Crippen LogP contribution < -0.4 is 5.32 Å². The first-order valence-electron chi connectivity index (χ1n) is 7.91. The Morgan fingerprint density at radius 1 is 1.19 bits per heavy atom. The molecule has 4 heteroatoms. The van der Waals surface area contributed by atoms with Crippen LogP contribution in [0, 0.1) is 0 Å². The minimum atomic E-state index is 0.138. The molecule has 2 aliphatic rings. The molecule has 4 nitrogen and oxygen atoms in total. The van der Waals surface area contributed by atoms with Gasteiger partial charge in [-0.3, -0.25) is 9.69 Å². The molecule has 1 saturated carbocycles. The predicted octanol–water partition coefficient (Wildman–Crippen LogP) is 1.56. The van der Waals surface area contributed by atoms with Gasteiger partial charge in [0, 0.05) is 25.0 Å². The zero-order chi connectivity index (χ0) is 14.5. The van der Waals surface area contributed by atoms with Crippen LogP contribution in [-0.4, -0.2) is 50.2 Å². The Kier molecular flexibility index (Phi) is 4.56. The van der Waals surface area contributed by atoms with Crippen LogP contribution in [0.5, 0.6) is 0 Å². The summed E-state index contributed by atoms with van der Waals surface area (Å²) in [6.07, 6.45) is 3.61. The zero-order valence-electron chi connectivity index (χ0n) is 12.5. The molecule has 0 unspecified atom stereocenters. The van der Waals surface area contributed by atoms with Gasteiger partial charge in [-0.1, -0.05) is 36.8 Å². The number of carbonyl (C=O) groups is 1. The zero-order valence-corrected chi connectivity index (χ0v) is 12.5. The number of nitrogens with one attached hydrogen (secondary N) is 1. The van der Waals surface area contributed by atoms with Gasteiger partial charge in [0.25, 0.3) is 0 Å². The number of ether oxygens (including phenoxy) is 1. The minimum Gasteiger partial charge on any atom is -0.379 e. The third kappa shape index (κ3) is 3.44. The molecule has 0 radical (unpaired) electrons. The summed E-state index contributed by atoms with van der Waals surface area (Å²) >= 11 is 0.